The molecule has 2 N–H and O–H groups in total. The van der Waals surface area contributed by atoms with Crippen LogP contribution < -0.4 is 10.1 Å². The molecule has 6 heteroatoms. The summed E-state index contributed by atoms with van der Waals surface area (Å²) in [5.74, 6) is -0.615. The zero-order valence-electron chi connectivity index (χ0n) is 17.8. The molecule has 4 rings (SSSR count). The number of hydrogen-bond acceptors (Lipinski definition) is 4. The molecule has 3 aromatic rings. The fourth-order valence-electron chi connectivity index (χ4n) is 4.17. The van der Waals surface area contributed by atoms with Gasteiger partial charge in [-0.1, -0.05) is 66.7 Å². The number of para-hydroxylation sites is 1. The third kappa shape index (κ3) is 4.44. The summed E-state index contributed by atoms with van der Waals surface area (Å²) in [6.07, 6.45) is -0.663. The van der Waals surface area contributed by atoms with E-state index in [1.807, 2.05) is 55.5 Å². The Hall–Kier alpha value is -3.80. The van der Waals surface area contributed by atoms with E-state index in [4.69, 9.17) is 9.47 Å². The summed E-state index contributed by atoms with van der Waals surface area (Å²) in [6, 6.07) is 22.2. The second-order valence-corrected chi connectivity index (χ2v) is 7.61. The molecule has 0 aromatic heterocycles. The van der Waals surface area contributed by atoms with E-state index in [0.717, 1.165) is 22.3 Å². The summed E-state index contributed by atoms with van der Waals surface area (Å²) in [6.45, 7) is 2.46. The second kappa shape index (κ2) is 9.56. The highest BCUT2D eigenvalue weighted by molar-refractivity contribution is 5.81. The van der Waals surface area contributed by atoms with Gasteiger partial charge >= 0.3 is 12.1 Å². The summed E-state index contributed by atoms with van der Waals surface area (Å²) in [5.41, 5.74) is 5.17. The van der Waals surface area contributed by atoms with Crippen LogP contribution in [0.1, 0.15) is 29.5 Å². The number of carbonyl (C=O) groups is 2. The Morgan fingerprint density at radius 1 is 0.938 bits per heavy atom. The largest absolute Gasteiger partial charge is 0.494 e. The summed E-state index contributed by atoms with van der Waals surface area (Å²) in [4.78, 5) is 24.3. The van der Waals surface area contributed by atoms with E-state index in [2.05, 4.69) is 17.4 Å². The molecular formula is C26H25NO5. The predicted octanol–water partition coefficient (Wildman–Crippen LogP) is 4.62. The average molecular weight is 431 g/mol. The fourth-order valence-corrected chi connectivity index (χ4v) is 4.17. The lowest BCUT2D eigenvalue weighted by atomic mass is 9.98. The molecule has 0 heterocycles. The molecule has 0 radical (unpaired) electrons. The maximum Gasteiger partial charge on any atom is 0.407 e. The van der Waals surface area contributed by atoms with Crippen LogP contribution in [0.5, 0.6) is 5.75 Å². The van der Waals surface area contributed by atoms with Crippen molar-refractivity contribution in [3.05, 3.63) is 89.5 Å². The van der Waals surface area contributed by atoms with Gasteiger partial charge in [-0.3, -0.25) is 0 Å². The van der Waals surface area contributed by atoms with Gasteiger partial charge in [0.1, 0.15) is 18.4 Å². The highest BCUT2D eigenvalue weighted by atomic mass is 16.5. The molecule has 0 bridgehead atoms. The van der Waals surface area contributed by atoms with E-state index in [0.29, 0.717) is 17.9 Å². The van der Waals surface area contributed by atoms with E-state index in [9.17, 15) is 14.7 Å². The van der Waals surface area contributed by atoms with Gasteiger partial charge in [0.25, 0.3) is 0 Å². The highest BCUT2D eigenvalue weighted by Gasteiger charge is 2.30. The van der Waals surface area contributed by atoms with Gasteiger partial charge in [-0.05, 0) is 40.8 Å². The van der Waals surface area contributed by atoms with Crippen molar-refractivity contribution in [3.63, 3.8) is 0 Å². The minimum atomic E-state index is -1.13. The Labute approximate surface area is 186 Å². The molecule has 1 atom stereocenters. The monoisotopic (exact) mass is 431 g/mol. The molecule has 0 fully saturated rings. The molecule has 1 aliphatic rings. The van der Waals surface area contributed by atoms with Crippen molar-refractivity contribution in [2.75, 3.05) is 13.2 Å². The molecule has 1 amide bonds. The topological polar surface area (TPSA) is 84.9 Å². The van der Waals surface area contributed by atoms with Gasteiger partial charge in [-0.25, -0.2) is 9.59 Å². The van der Waals surface area contributed by atoms with E-state index in [-0.39, 0.29) is 18.9 Å². The number of rotatable bonds is 8. The summed E-state index contributed by atoms with van der Waals surface area (Å²) < 4.78 is 11.1. The van der Waals surface area contributed by atoms with Crippen LogP contribution in [-0.4, -0.2) is 36.4 Å². The number of carboxylic acids is 1. The predicted molar refractivity (Wildman–Crippen MR) is 121 cm³/mol. The van der Waals surface area contributed by atoms with Crippen LogP contribution in [0.15, 0.2) is 72.8 Å². The van der Waals surface area contributed by atoms with Crippen LogP contribution in [0, 0.1) is 0 Å². The minimum Gasteiger partial charge on any atom is -0.494 e. The molecule has 32 heavy (non-hydrogen) atoms. The number of amides is 1. The van der Waals surface area contributed by atoms with E-state index in [1.165, 1.54) is 0 Å². The van der Waals surface area contributed by atoms with Crippen molar-refractivity contribution in [2.45, 2.75) is 25.3 Å². The van der Waals surface area contributed by atoms with Crippen LogP contribution in [0.2, 0.25) is 0 Å². The summed E-state index contributed by atoms with van der Waals surface area (Å²) in [5, 5.41) is 12.1. The molecule has 0 saturated heterocycles. The number of alkyl carbamates (subject to hydrolysis) is 1. The standard InChI is InChI=1S/C26H25NO5/c1-2-31-24-14-8-3-9-17(24)15-23(25(28)29)27-26(30)32-16-22-20-12-6-4-10-18(20)19-11-5-7-13-21(19)22/h3-14,22-23H,2,15-16H2,1H3,(H,27,30)(H,28,29)/t23-/m0/s1. The van der Waals surface area contributed by atoms with Crippen molar-refractivity contribution < 1.29 is 24.2 Å². The first-order chi connectivity index (χ1) is 15.6. The van der Waals surface area contributed by atoms with Crippen molar-refractivity contribution in [1.82, 2.24) is 5.32 Å². The fraction of sp³-hybridized carbons (Fsp3) is 0.231. The molecule has 6 nitrogen and oxygen atoms in total. The first-order valence-corrected chi connectivity index (χ1v) is 10.6. The van der Waals surface area contributed by atoms with Crippen LogP contribution in [0.25, 0.3) is 11.1 Å². The number of hydrogen-bond donors (Lipinski definition) is 2. The van der Waals surface area contributed by atoms with Gasteiger partial charge in [0.05, 0.1) is 6.61 Å². The van der Waals surface area contributed by atoms with Crippen molar-refractivity contribution in [2.24, 2.45) is 0 Å². The zero-order chi connectivity index (χ0) is 22.5. The number of nitrogens with one attached hydrogen (secondary N) is 1. The van der Waals surface area contributed by atoms with Gasteiger partial charge in [0, 0.05) is 12.3 Å². The lowest BCUT2D eigenvalue weighted by Gasteiger charge is -2.18. The van der Waals surface area contributed by atoms with E-state index in [1.54, 1.807) is 12.1 Å². The molecule has 0 unspecified atom stereocenters. The lowest BCUT2D eigenvalue weighted by molar-refractivity contribution is -0.139. The molecule has 164 valence electrons. The molecule has 0 spiro atoms. The highest BCUT2D eigenvalue weighted by Crippen LogP contribution is 2.44. The van der Waals surface area contributed by atoms with Crippen LogP contribution in [0.4, 0.5) is 4.79 Å². The van der Waals surface area contributed by atoms with Gasteiger partial charge in [0.15, 0.2) is 0 Å². The second-order valence-electron chi connectivity index (χ2n) is 7.61. The SMILES string of the molecule is CCOc1ccccc1C[C@H](NC(=O)OCC1c2ccccc2-c2ccccc21)C(=O)O. The quantitative estimate of drug-likeness (QED) is 0.544. The molecule has 3 aromatic carbocycles. The summed E-state index contributed by atoms with van der Waals surface area (Å²) in [7, 11) is 0. The average Bonchev–Trinajstić information content (AvgIpc) is 3.12. The maximum absolute atomic E-state index is 12.5. The van der Waals surface area contributed by atoms with Crippen molar-refractivity contribution in [3.8, 4) is 16.9 Å². The number of carbonyl (C=O) groups excluding carboxylic acids is 1. The molecule has 0 aliphatic heterocycles. The van der Waals surface area contributed by atoms with Crippen LogP contribution in [-0.2, 0) is 16.0 Å². The zero-order valence-corrected chi connectivity index (χ0v) is 17.8. The number of fused-ring (bicyclic) bond motifs is 3. The van der Waals surface area contributed by atoms with Crippen molar-refractivity contribution in [1.29, 1.82) is 0 Å². The third-order valence-electron chi connectivity index (χ3n) is 5.63. The Balaban J connectivity index is 1.44. The van der Waals surface area contributed by atoms with Crippen LogP contribution in [0.3, 0.4) is 0 Å². The summed E-state index contributed by atoms with van der Waals surface area (Å²) >= 11 is 0. The number of ether oxygens (including phenoxy) is 2. The Morgan fingerprint density at radius 3 is 2.16 bits per heavy atom. The maximum atomic E-state index is 12.5. The number of carboxylic acid groups (broad SMARTS) is 1. The normalized spacial score (nSPS) is 13.0. The first-order valence-electron chi connectivity index (χ1n) is 10.6. The Bertz CT molecular complexity index is 1080. The Kier molecular flexibility index (Phi) is 6.40. The van der Waals surface area contributed by atoms with Crippen LogP contribution >= 0.6 is 0 Å². The first kappa shape index (κ1) is 21.4. The minimum absolute atomic E-state index is 0.0879. The molecular weight excluding hydrogens is 406 g/mol. The van der Waals surface area contributed by atoms with Crippen molar-refractivity contribution >= 4 is 12.1 Å². The van der Waals surface area contributed by atoms with Gasteiger partial charge in [-0.15, -0.1) is 0 Å². The van der Waals surface area contributed by atoms with E-state index < -0.39 is 18.1 Å². The molecule has 1 aliphatic carbocycles. The van der Waals surface area contributed by atoms with E-state index >= 15 is 0 Å². The lowest BCUT2D eigenvalue weighted by Crippen LogP contribution is -2.43. The number of aliphatic carboxylic acids is 1. The number of benzene rings is 3. The third-order valence-corrected chi connectivity index (χ3v) is 5.63. The smallest absolute Gasteiger partial charge is 0.407 e. The van der Waals surface area contributed by atoms with Gasteiger partial charge in [-0.2, -0.15) is 0 Å². The van der Waals surface area contributed by atoms with Gasteiger partial charge < -0.3 is 19.9 Å². The van der Waals surface area contributed by atoms with Gasteiger partial charge in [0.2, 0.25) is 0 Å². The Morgan fingerprint density at radius 2 is 1.53 bits per heavy atom. The molecule has 0 saturated carbocycles.